The Balaban J connectivity index is 1.73. The normalized spacial score (nSPS) is 10.7. The van der Waals surface area contributed by atoms with Crippen LogP contribution in [0.1, 0.15) is 26.3 Å². The molecule has 0 aliphatic rings. The van der Waals surface area contributed by atoms with Gasteiger partial charge in [-0.05, 0) is 48.9 Å². The Bertz CT molecular complexity index is 1330. The van der Waals surface area contributed by atoms with Crippen molar-refractivity contribution in [2.75, 3.05) is 26.6 Å². The van der Waals surface area contributed by atoms with E-state index in [1.807, 2.05) is 13.0 Å². The molecule has 0 aliphatic heterocycles. The number of benzene rings is 2. The molecule has 0 atom stereocenters. The Kier molecular flexibility index (Phi) is 6.23. The van der Waals surface area contributed by atoms with Gasteiger partial charge in [-0.3, -0.25) is 9.78 Å². The molecular formula is C24H21N3O5S. The fourth-order valence-electron chi connectivity index (χ4n) is 3.45. The zero-order chi connectivity index (χ0) is 23.5. The highest BCUT2D eigenvalue weighted by Gasteiger charge is 2.17. The second-order valence-electron chi connectivity index (χ2n) is 7.14. The molecular weight excluding hydrogens is 442 g/mol. The molecule has 0 saturated heterocycles. The zero-order valence-corrected chi connectivity index (χ0v) is 19.3. The predicted molar refractivity (Wildman–Crippen MR) is 126 cm³/mol. The molecule has 168 valence electrons. The molecule has 2 heterocycles. The molecule has 0 spiro atoms. The highest BCUT2D eigenvalue weighted by Crippen LogP contribution is 2.34. The summed E-state index contributed by atoms with van der Waals surface area (Å²) < 4.78 is 16.5. The number of methoxy groups -OCH3 is 3. The van der Waals surface area contributed by atoms with Gasteiger partial charge < -0.3 is 19.5 Å². The predicted octanol–water partition coefficient (Wildman–Crippen LogP) is 4.72. The van der Waals surface area contributed by atoms with Gasteiger partial charge in [-0.25, -0.2) is 9.78 Å². The van der Waals surface area contributed by atoms with Crippen molar-refractivity contribution in [3.63, 3.8) is 0 Å². The topological polar surface area (TPSA) is 99.6 Å². The molecule has 4 aromatic rings. The quantitative estimate of drug-likeness (QED) is 0.413. The maximum atomic E-state index is 13.0. The monoisotopic (exact) mass is 463 g/mol. The molecule has 8 nitrogen and oxygen atoms in total. The van der Waals surface area contributed by atoms with Crippen LogP contribution in [0, 0.1) is 6.92 Å². The zero-order valence-electron chi connectivity index (χ0n) is 18.5. The number of amides is 1. The third-order valence-electron chi connectivity index (χ3n) is 4.98. The van der Waals surface area contributed by atoms with Gasteiger partial charge in [0.2, 0.25) is 0 Å². The van der Waals surface area contributed by atoms with Crippen LogP contribution in [0.25, 0.3) is 20.8 Å². The first kappa shape index (κ1) is 22.2. The van der Waals surface area contributed by atoms with Crippen LogP contribution in [0.3, 0.4) is 0 Å². The lowest BCUT2D eigenvalue weighted by Crippen LogP contribution is -2.13. The van der Waals surface area contributed by atoms with E-state index in [9.17, 15) is 9.59 Å². The average molecular weight is 464 g/mol. The van der Waals surface area contributed by atoms with Crippen molar-refractivity contribution < 1.29 is 23.8 Å². The van der Waals surface area contributed by atoms with Crippen molar-refractivity contribution in [1.82, 2.24) is 9.97 Å². The fourth-order valence-corrected chi connectivity index (χ4v) is 4.37. The fraction of sp³-hybridized carbons (Fsp3) is 0.167. The number of aryl methyl sites for hydroxylation is 1. The molecule has 1 N–H and O–H groups in total. The molecule has 2 aromatic heterocycles. The van der Waals surface area contributed by atoms with Gasteiger partial charge in [0.15, 0.2) is 11.5 Å². The summed E-state index contributed by atoms with van der Waals surface area (Å²) in [5, 5.41) is 3.55. The van der Waals surface area contributed by atoms with Crippen LogP contribution in [0.4, 0.5) is 5.69 Å². The molecule has 0 aliphatic carbocycles. The van der Waals surface area contributed by atoms with Gasteiger partial charge in [0.05, 0.1) is 37.1 Å². The first-order valence-corrected chi connectivity index (χ1v) is 10.7. The van der Waals surface area contributed by atoms with E-state index in [1.165, 1.54) is 25.6 Å². The SMILES string of the molecule is COC(=O)c1cc(NC(=O)c2cc(C)c(OC)c(OC)c2)cc(-c2nc3ccncc3s2)c1. The van der Waals surface area contributed by atoms with E-state index >= 15 is 0 Å². The molecule has 0 unspecified atom stereocenters. The molecule has 0 fully saturated rings. The number of rotatable bonds is 6. The van der Waals surface area contributed by atoms with E-state index in [1.54, 1.807) is 49.8 Å². The lowest BCUT2D eigenvalue weighted by Gasteiger charge is -2.13. The molecule has 33 heavy (non-hydrogen) atoms. The number of nitrogens with zero attached hydrogens (tertiary/aromatic N) is 2. The number of aromatic nitrogens is 2. The number of fused-ring (bicyclic) bond motifs is 1. The molecule has 9 heteroatoms. The second-order valence-corrected chi connectivity index (χ2v) is 8.17. The highest BCUT2D eigenvalue weighted by atomic mass is 32.1. The number of hydrogen-bond acceptors (Lipinski definition) is 8. The first-order valence-electron chi connectivity index (χ1n) is 9.91. The van der Waals surface area contributed by atoms with Crippen molar-refractivity contribution in [3.8, 4) is 22.1 Å². The van der Waals surface area contributed by atoms with E-state index in [-0.39, 0.29) is 5.91 Å². The number of thiazole rings is 1. The summed E-state index contributed by atoms with van der Waals surface area (Å²) in [7, 11) is 4.37. The maximum Gasteiger partial charge on any atom is 0.337 e. The number of ether oxygens (including phenoxy) is 3. The summed E-state index contributed by atoms with van der Waals surface area (Å²) in [5.41, 5.74) is 3.36. The van der Waals surface area contributed by atoms with Crippen LogP contribution in [0.5, 0.6) is 11.5 Å². The van der Waals surface area contributed by atoms with Crippen molar-refractivity contribution >= 4 is 39.1 Å². The summed E-state index contributed by atoms with van der Waals surface area (Å²) in [5.74, 6) is 0.140. The summed E-state index contributed by atoms with van der Waals surface area (Å²) >= 11 is 1.44. The van der Waals surface area contributed by atoms with Gasteiger partial charge in [0, 0.05) is 29.2 Å². The van der Waals surface area contributed by atoms with Gasteiger partial charge in [0.1, 0.15) is 5.01 Å². The van der Waals surface area contributed by atoms with Gasteiger partial charge >= 0.3 is 5.97 Å². The Morgan fingerprint density at radius 2 is 1.82 bits per heavy atom. The number of hydrogen-bond donors (Lipinski definition) is 1. The van der Waals surface area contributed by atoms with Crippen LogP contribution in [0.2, 0.25) is 0 Å². The third-order valence-corrected chi connectivity index (χ3v) is 6.03. The number of anilines is 1. The van der Waals surface area contributed by atoms with Crippen molar-refractivity contribution in [3.05, 3.63) is 65.5 Å². The molecule has 2 aromatic carbocycles. The van der Waals surface area contributed by atoms with Crippen LogP contribution in [-0.2, 0) is 4.74 Å². The number of carbonyl (C=O) groups excluding carboxylic acids is 2. The standard InChI is InChI=1S/C24H21N3O5S/c1-13-7-14(11-19(30-2)21(13)31-3)22(28)26-17-9-15(8-16(10-17)24(29)32-4)23-27-18-5-6-25-12-20(18)33-23/h5-12H,1-4H3,(H,26,28). The van der Waals surface area contributed by atoms with Crippen LogP contribution >= 0.6 is 11.3 Å². The number of nitrogens with one attached hydrogen (secondary N) is 1. The van der Waals surface area contributed by atoms with Crippen LogP contribution < -0.4 is 14.8 Å². The number of carbonyl (C=O) groups is 2. The Morgan fingerprint density at radius 3 is 2.52 bits per heavy atom. The second kappa shape index (κ2) is 9.25. The minimum Gasteiger partial charge on any atom is -0.493 e. The summed E-state index contributed by atoms with van der Waals surface area (Å²) in [4.78, 5) is 34.1. The smallest absolute Gasteiger partial charge is 0.337 e. The van der Waals surface area contributed by atoms with Gasteiger partial charge in [-0.15, -0.1) is 11.3 Å². The number of esters is 1. The van der Waals surface area contributed by atoms with Gasteiger partial charge in [-0.2, -0.15) is 0 Å². The van der Waals surface area contributed by atoms with E-state index in [0.29, 0.717) is 38.9 Å². The Labute approximate surface area is 194 Å². The van der Waals surface area contributed by atoms with E-state index in [4.69, 9.17) is 14.2 Å². The maximum absolute atomic E-state index is 13.0. The Morgan fingerprint density at radius 1 is 1.00 bits per heavy atom. The molecule has 4 rings (SSSR count). The van der Waals surface area contributed by atoms with Crippen LogP contribution in [-0.4, -0.2) is 43.2 Å². The lowest BCUT2D eigenvalue weighted by molar-refractivity contribution is 0.0600. The van der Waals surface area contributed by atoms with Crippen molar-refractivity contribution in [1.29, 1.82) is 0 Å². The minimum absolute atomic E-state index is 0.297. The molecule has 0 radical (unpaired) electrons. The van der Waals surface area contributed by atoms with E-state index < -0.39 is 5.97 Å². The lowest BCUT2D eigenvalue weighted by atomic mass is 10.1. The summed E-state index contributed by atoms with van der Waals surface area (Å²) in [6.07, 6.45) is 3.41. The van der Waals surface area contributed by atoms with Crippen LogP contribution in [0.15, 0.2) is 48.8 Å². The third kappa shape index (κ3) is 4.49. The van der Waals surface area contributed by atoms with E-state index in [0.717, 1.165) is 15.8 Å². The molecule has 0 saturated carbocycles. The van der Waals surface area contributed by atoms with Crippen molar-refractivity contribution in [2.24, 2.45) is 0 Å². The summed E-state index contributed by atoms with van der Waals surface area (Å²) in [6.45, 7) is 1.83. The summed E-state index contributed by atoms with van der Waals surface area (Å²) in [6, 6.07) is 10.2. The van der Waals surface area contributed by atoms with Gasteiger partial charge in [0.25, 0.3) is 5.91 Å². The highest BCUT2D eigenvalue weighted by molar-refractivity contribution is 7.21. The Hall–Kier alpha value is -3.98. The van der Waals surface area contributed by atoms with Crippen molar-refractivity contribution in [2.45, 2.75) is 6.92 Å². The molecule has 0 bridgehead atoms. The van der Waals surface area contributed by atoms with Gasteiger partial charge in [-0.1, -0.05) is 0 Å². The average Bonchev–Trinajstić information content (AvgIpc) is 3.27. The minimum atomic E-state index is -0.517. The largest absolute Gasteiger partial charge is 0.493 e. The van der Waals surface area contributed by atoms with E-state index in [2.05, 4.69) is 15.3 Å². The number of pyridine rings is 1. The first-order chi connectivity index (χ1) is 15.9. The molecule has 1 amide bonds.